The molecule has 0 N–H and O–H groups in total. The number of hydrogen-bond acceptors (Lipinski definition) is 1. The van der Waals surface area contributed by atoms with Crippen molar-refractivity contribution in [1.29, 1.82) is 0 Å². The zero-order valence-electron chi connectivity index (χ0n) is 18.4. The molecule has 4 aromatic rings. The van der Waals surface area contributed by atoms with Crippen LogP contribution in [0, 0.1) is 6.92 Å². The summed E-state index contributed by atoms with van der Waals surface area (Å²) in [4.78, 5) is 0. The first-order chi connectivity index (χ1) is 13.1. The maximum Gasteiger partial charge on any atom is 0.0632 e. The second-order valence-corrected chi connectivity index (χ2v) is 8.29. The van der Waals surface area contributed by atoms with E-state index >= 15 is 0 Å². The van der Waals surface area contributed by atoms with Gasteiger partial charge in [-0.15, -0.1) is 11.3 Å². The fourth-order valence-electron chi connectivity index (χ4n) is 3.38. The number of fused-ring (bicyclic) bond motifs is 3. The molecule has 0 saturated carbocycles. The Kier molecular flexibility index (Phi) is 2.60. The first-order valence-corrected chi connectivity index (χ1v) is 8.96. The number of hydrogen-bond donors (Lipinski definition) is 0. The molecule has 0 aliphatic carbocycles. The van der Waals surface area contributed by atoms with Crippen LogP contribution < -0.4 is 0 Å². The van der Waals surface area contributed by atoms with E-state index in [-0.39, 0.29) is 29.6 Å². The molecule has 1 aromatic heterocycles. The van der Waals surface area contributed by atoms with E-state index in [1.165, 1.54) is 20.2 Å². The Labute approximate surface area is 153 Å². The van der Waals surface area contributed by atoms with Crippen LogP contribution in [0.5, 0.6) is 0 Å². The molecular formula is C23H22S. The summed E-state index contributed by atoms with van der Waals surface area (Å²) in [5.41, 5.74) is 2.62. The SMILES string of the molecule is [2H]c1c([2H])c(C)c([2H])c(-c2ccc3sc4ccccc4c3c2C(C)(C)C)c1[2H]. The van der Waals surface area contributed by atoms with Gasteiger partial charge in [-0.05, 0) is 41.2 Å². The third-order valence-corrected chi connectivity index (χ3v) is 5.45. The molecule has 0 aliphatic rings. The second kappa shape index (κ2) is 5.46. The highest BCUT2D eigenvalue weighted by Crippen LogP contribution is 2.44. The van der Waals surface area contributed by atoms with Crippen LogP contribution in [0.1, 0.15) is 37.4 Å². The summed E-state index contributed by atoms with van der Waals surface area (Å²) in [6, 6.07) is 12.4. The van der Waals surface area contributed by atoms with Gasteiger partial charge in [0.1, 0.15) is 0 Å². The molecule has 24 heavy (non-hydrogen) atoms. The van der Waals surface area contributed by atoms with Gasteiger partial charge in [-0.25, -0.2) is 0 Å². The van der Waals surface area contributed by atoms with Gasteiger partial charge in [0.15, 0.2) is 0 Å². The predicted molar refractivity (Wildman–Crippen MR) is 108 cm³/mol. The first-order valence-electron chi connectivity index (χ1n) is 10.1. The molecule has 4 rings (SSSR count). The van der Waals surface area contributed by atoms with Crippen LogP contribution in [0.4, 0.5) is 0 Å². The van der Waals surface area contributed by atoms with Crippen LogP contribution in [0.25, 0.3) is 31.3 Å². The lowest BCUT2D eigenvalue weighted by Crippen LogP contribution is -2.13. The van der Waals surface area contributed by atoms with Crippen LogP contribution in [-0.4, -0.2) is 0 Å². The minimum absolute atomic E-state index is 0.0295. The number of benzene rings is 3. The van der Waals surface area contributed by atoms with Gasteiger partial charge < -0.3 is 0 Å². The van der Waals surface area contributed by atoms with Gasteiger partial charge in [0.25, 0.3) is 0 Å². The summed E-state index contributed by atoms with van der Waals surface area (Å²) in [6.07, 6.45) is 0. The van der Waals surface area contributed by atoms with Crippen LogP contribution in [-0.2, 0) is 5.41 Å². The van der Waals surface area contributed by atoms with Crippen molar-refractivity contribution in [2.24, 2.45) is 0 Å². The molecule has 1 heterocycles. The molecule has 0 nitrogen and oxygen atoms in total. The van der Waals surface area contributed by atoms with E-state index in [9.17, 15) is 0 Å². The summed E-state index contributed by atoms with van der Waals surface area (Å²) < 4.78 is 35.8. The Morgan fingerprint density at radius 2 is 1.75 bits per heavy atom. The molecule has 0 unspecified atom stereocenters. The average molecular weight is 335 g/mol. The van der Waals surface area contributed by atoms with Crippen molar-refractivity contribution in [3.05, 3.63) is 71.7 Å². The third kappa shape index (κ3) is 2.44. The van der Waals surface area contributed by atoms with Crippen molar-refractivity contribution in [2.45, 2.75) is 33.1 Å². The zero-order chi connectivity index (χ0) is 20.4. The monoisotopic (exact) mass is 334 g/mol. The maximum absolute atomic E-state index is 8.63. The molecule has 0 atom stereocenters. The molecular weight excluding hydrogens is 308 g/mol. The molecule has 0 spiro atoms. The molecule has 0 fully saturated rings. The van der Waals surface area contributed by atoms with E-state index in [1.807, 2.05) is 18.2 Å². The Balaban J connectivity index is 2.23. The van der Waals surface area contributed by atoms with Gasteiger partial charge in [-0.1, -0.05) is 74.8 Å². The quantitative estimate of drug-likeness (QED) is 0.342. The lowest BCUT2D eigenvalue weighted by atomic mass is 9.79. The lowest BCUT2D eigenvalue weighted by Gasteiger charge is -2.25. The molecule has 3 aromatic carbocycles. The Bertz CT molecular complexity index is 1220. The van der Waals surface area contributed by atoms with Crippen molar-refractivity contribution in [1.82, 2.24) is 0 Å². The van der Waals surface area contributed by atoms with E-state index in [0.29, 0.717) is 11.1 Å². The maximum atomic E-state index is 8.63. The van der Waals surface area contributed by atoms with E-state index in [0.717, 1.165) is 11.1 Å². The largest absolute Gasteiger partial charge is 0.135 e. The average Bonchev–Trinajstić information content (AvgIpc) is 3.02. The minimum Gasteiger partial charge on any atom is -0.135 e. The van der Waals surface area contributed by atoms with E-state index in [1.54, 1.807) is 18.3 Å². The van der Waals surface area contributed by atoms with E-state index < -0.39 is 0 Å². The van der Waals surface area contributed by atoms with Crippen molar-refractivity contribution in [3.8, 4) is 11.1 Å². The van der Waals surface area contributed by atoms with Crippen molar-refractivity contribution < 1.29 is 5.48 Å². The highest BCUT2D eigenvalue weighted by molar-refractivity contribution is 7.25. The Hall–Kier alpha value is -2.12. The van der Waals surface area contributed by atoms with Crippen molar-refractivity contribution >= 4 is 31.5 Å². The molecule has 0 bridgehead atoms. The summed E-state index contributed by atoms with van der Waals surface area (Å²) >= 11 is 1.75. The molecule has 0 aliphatic heterocycles. The fourth-order valence-corrected chi connectivity index (χ4v) is 4.49. The van der Waals surface area contributed by atoms with Crippen molar-refractivity contribution in [2.75, 3.05) is 0 Å². The third-order valence-electron chi connectivity index (χ3n) is 4.31. The molecule has 0 amide bonds. The van der Waals surface area contributed by atoms with Crippen LogP contribution in [0.15, 0.2) is 60.6 Å². The minimum atomic E-state index is -0.215. The molecule has 0 radical (unpaired) electrons. The van der Waals surface area contributed by atoms with Gasteiger partial charge >= 0.3 is 0 Å². The van der Waals surface area contributed by atoms with Crippen molar-refractivity contribution in [3.63, 3.8) is 0 Å². The molecule has 1 heteroatoms. The van der Waals surface area contributed by atoms with E-state index in [4.69, 9.17) is 5.48 Å². The highest BCUT2D eigenvalue weighted by Gasteiger charge is 2.24. The van der Waals surface area contributed by atoms with Gasteiger partial charge in [-0.3, -0.25) is 0 Å². The Morgan fingerprint density at radius 3 is 2.54 bits per heavy atom. The smallest absolute Gasteiger partial charge is 0.0632 e. The van der Waals surface area contributed by atoms with Crippen LogP contribution in [0.3, 0.4) is 0 Å². The molecule has 0 saturated heterocycles. The summed E-state index contributed by atoms with van der Waals surface area (Å²) in [5, 5.41) is 2.36. The Morgan fingerprint density at radius 1 is 0.958 bits per heavy atom. The lowest BCUT2D eigenvalue weighted by molar-refractivity contribution is 0.598. The summed E-state index contributed by atoms with van der Waals surface area (Å²) in [6.45, 7) is 8.15. The first kappa shape index (κ1) is 11.4. The van der Waals surface area contributed by atoms with E-state index in [2.05, 4.69) is 39.0 Å². The standard InChI is InChI=1S/C23H22S/c1-15-8-7-9-16(14-15)17-12-13-20-21(22(17)23(2,3)4)18-10-5-6-11-19(18)24-20/h5-14H,1-4H3/i7D,8D,9D,14D. The van der Waals surface area contributed by atoms with Crippen LogP contribution >= 0.6 is 11.3 Å². The van der Waals surface area contributed by atoms with Gasteiger partial charge in [-0.2, -0.15) is 0 Å². The number of rotatable bonds is 1. The summed E-state index contributed by atoms with van der Waals surface area (Å²) in [5.74, 6) is 0. The van der Waals surface area contributed by atoms with Gasteiger partial charge in [0.2, 0.25) is 0 Å². The number of thiophene rings is 1. The second-order valence-electron chi connectivity index (χ2n) is 7.21. The van der Waals surface area contributed by atoms with Crippen LogP contribution in [0.2, 0.25) is 0 Å². The summed E-state index contributed by atoms with van der Waals surface area (Å²) in [7, 11) is 0. The predicted octanol–water partition coefficient (Wildman–Crippen LogP) is 7.33. The fraction of sp³-hybridized carbons (Fsp3) is 0.217. The zero-order valence-corrected chi connectivity index (χ0v) is 15.2. The van der Waals surface area contributed by atoms with Gasteiger partial charge in [0.05, 0.1) is 5.48 Å². The molecule has 120 valence electrons. The van der Waals surface area contributed by atoms with Gasteiger partial charge in [0, 0.05) is 20.2 Å². The topological polar surface area (TPSA) is 0 Å². The normalized spacial score (nSPS) is 14.5. The highest BCUT2D eigenvalue weighted by atomic mass is 32.1.